The van der Waals surface area contributed by atoms with Gasteiger partial charge >= 0.3 is 0 Å². The van der Waals surface area contributed by atoms with E-state index in [9.17, 15) is 5.11 Å². The number of methoxy groups -OCH3 is 2. The average molecular weight is 210 g/mol. The molecule has 0 saturated heterocycles. The van der Waals surface area contributed by atoms with Gasteiger partial charge in [0.25, 0.3) is 0 Å². The van der Waals surface area contributed by atoms with Crippen molar-refractivity contribution in [1.29, 1.82) is 0 Å². The molecule has 1 atom stereocenters. The summed E-state index contributed by atoms with van der Waals surface area (Å²) < 4.78 is 10.3. The number of aliphatic hydroxyl groups excluding tert-OH is 1. The van der Waals surface area contributed by atoms with Gasteiger partial charge in [-0.3, -0.25) is 0 Å². The van der Waals surface area contributed by atoms with Gasteiger partial charge in [-0.1, -0.05) is 13.8 Å². The molecular formula is C12H18O3. The van der Waals surface area contributed by atoms with Crippen LogP contribution in [0.1, 0.15) is 25.5 Å². The Hall–Kier alpha value is -1.22. The summed E-state index contributed by atoms with van der Waals surface area (Å²) in [4.78, 5) is 0. The average Bonchev–Trinajstić information content (AvgIpc) is 2.27. The molecule has 0 aliphatic heterocycles. The standard InChI is InChI=1S/C12H18O3/c1-8(2)12(13)10-7-9(14-3)5-6-11(10)15-4/h5-8,12-13H,1-4H3/t12-/m1/s1. The first-order chi connectivity index (χ1) is 7.10. The molecule has 0 aliphatic rings. The molecule has 0 heterocycles. The number of hydrogen-bond acceptors (Lipinski definition) is 3. The second-order valence-electron chi connectivity index (χ2n) is 3.80. The SMILES string of the molecule is COc1ccc(OC)c([C@H](O)C(C)C)c1. The molecule has 0 fully saturated rings. The molecule has 0 amide bonds. The fraction of sp³-hybridized carbons (Fsp3) is 0.500. The first-order valence-electron chi connectivity index (χ1n) is 5.00. The Balaban J connectivity index is 3.11. The predicted octanol–water partition coefficient (Wildman–Crippen LogP) is 2.39. The Bertz CT molecular complexity index is 321. The van der Waals surface area contributed by atoms with Gasteiger partial charge in [-0.05, 0) is 24.1 Å². The smallest absolute Gasteiger partial charge is 0.124 e. The van der Waals surface area contributed by atoms with Gasteiger partial charge in [-0.2, -0.15) is 0 Å². The van der Waals surface area contributed by atoms with Crippen molar-refractivity contribution in [1.82, 2.24) is 0 Å². The van der Waals surface area contributed by atoms with Crippen molar-refractivity contribution in [2.24, 2.45) is 5.92 Å². The summed E-state index contributed by atoms with van der Waals surface area (Å²) in [6.07, 6.45) is -0.532. The Kier molecular flexibility index (Phi) is 3.97. The van der Waals surface area contributed by atoms with Crippen LogP contribution in [0.25, 0.3) is 0 Å². The third-order valence-electron chi connectivity index (χ3n) is 2.39. The first-order valence-corrected chi connectivity index (χ1v) is 5.00. The highest BCUT2D eigenvalue weighted by Crippen LogP contribution is 2.32. The maximum atomic E-state index is 9.99. The van der Waals surface area contributed by atoms with E-state index < -0.39 is 6.10 Å². The van der Waals surface area contributed by atoms with Crippen LogP contribution in [0.15, 0.2) is 18.2 Å². The molecule has 1 aromatic carbocycles. The van der Waals surface area contributed by atoms with Crippen LogP contribution in [0, 0.1) is 5.92 Å². The summed E-state index contributed by atoms with van der Waals surface area (Å²) in [5.74, 6) is 1.56. The molecule has 84 valence electrons. The normalized spacial score (nSPS) is 12.7. The van der Waals surface area contributed by atoms with Crippen molar-refractivity contribution in [3.05, 3.63) is 23.8 Å². The maximum Gasteiger partial charge on any atom is 0.124 e. The fourth-order valence-electron chi connectivity index (χ4n) is 1.43. The van der Waals surface area contributed by atoms with Crippen molar-refractivity contribution >= 4 is 0 Å². The van der Waals surface area contributed by atoms with Crippen molar-refractivity contribution in [3.8, 4) is 11.5 Å². The quantitative estimate of drug-likeness (QED) is 0.829. The number of aliphatic hydroxyl groups is 1. The third-order valence-corrected chi connectivity index (χ3v) is 2.39. The zero-order valence-corrected chi connectivity index (χ0v) is 9.65. The van der Waals surface area contributed by atoms with Crippen LogP contribution >= 0.6 is 0 Å². The first kappa shape index (κ1) is 11.9. The summed E-state index contributed by atoms with van der Waals surface area (Å²) in [5.41, 5.74) is 0.770. The molecule has 0 radical (unpaired) electrons. The van der Waals surface area contributed by atoms with E-state index in [1.807, 2.05) is 26.0 Å². The fourth-order valence-corrected chi connectivity index (χ4v) is 1.43. The van der Waals surface area contributed by atoms with Crippen LogP contribution in [0.5, 0.6) is 11.5 Å². The molecule has 3 nitrogen and oxygen atoms in total. The molecule has 0 unspecified atom stereocenters. The predicted molar refractivity (Wildman–Crippen MR) is 59.3 cm³/mol. The van der Waals surface area contributed by atoms with Gasteiger partial charge < -0.3 is 14.6 Å². The highest BCUT2D eigenvalue weighted by Gasteiger charge is 2.17. The monoisotopic (exact) mass is 210 g/mol. The Morgan fingerprint density at radius 3 is 2.27 bits per heavy atom. The number of ether oxygens (including phenoxy) is 2. The van der Waals surface area contributed by atoms with Gasteiger partial charge in [0, 0.05) is 5.56 Å². The largest absolute Gasteiger partial charge is 0.497 e. The summed E-state index contributed by atoms with van der Waals surface area (Å²) in [6, 6.07) is 5.43. The molecule has 1 aromatic rings. The number of benzene rings is 1. The zero-order chi connectivity index (χ0) is 11.4. The van der Waals surface area contributed by atoms with Crippen molar-refractivity contribution in [3.63, 3.8) is 0 Å². The second kappa shape index (κ2) is 5.03. The van der Waals surface area contributed by atoms with Gasteiger partial charge in [-0.25, -0.2) is 0 Å². The molecule has 15 heavy (non-hydrogen) atoms. The Morgan fingerprint density at radius 1 is 1.13 bits per heavy atom. The molecule has 0 saturated carbocycles. The summed E-state index contributed by atoms with van der Waals surface area (Å²) in [5, 5.41) is 9.99. The molecule has 3 heteroatoms. The molecule has 0 spiro atoms. The van der Waals surface area contributed by atoms with Crippen LogP contribution in [0.2, 0.25) is 0 Å². The summed E-state index contributed by atoms with van der Waals surface area (Å²) >= 11 is 0. The van der Waals surface area contributed by atoms with E-state index in [2.05, 4.69) is 0 Å². The topological polar surface area (TPSA) is 38.7 Å². The van der Waals surface area contributed by atoms with Gasteiger partial charge in [0.1, 0.15) is 11.5 Å². The van der Waals surface area contributed by atoms with E-state index in [4.69, 9.17) is 9.47 Å². The highest BCUT2D eigenvalue weighted by atomic mass is 16.5. The van der Waals surface area contributed by atoms with Crippen LogP contribution in [0.3, 0.4) is 0 Å². The lowest BCUT2D eigenvalue weighted by molar-refractivity contribution is 0.123. The van der Waals surface area contributed by atoms with Crippen LogP contribution in [0.4, 0.5) is 0 Å². The minimum absolute atomic E-state index is 0.144. The van der Waals surface area contributed by atoms with Crippen molar-refractivity contribution < 1.29 is 14.6 Å². The van der Waals surface area contributed by atoms with Gasteiger partial charge in [0.15, 0.2) is 0 Å². The van der Waals surface area contributed by atoms with Gasteiger partial charge in [0.2, 0.25) is 0 Å². The van der Waals surface area contributed by atoms with E-state index in [0.717, 1.165) is 11.3 Å². The highest BCUT2D eigenvalue weighted by molar-refractivity contribution is 5.41. The maximum absolute atomic E-state index is 9.99. The van der Waals surface area contributed by atoms with E-state index in [1.165, 1.54) is 0 Å². The molecule has 0 aliphatic carbocycles. The third kappa shape index (κ3) is 2.63. The summed E-state index contributed by atoms with van der Waals surface area (Å²) in [6.45, 7) is 3.92. The molecule has 0 aromatic heterocycles. The second-order valence-corrected chi connectivity index (χ2v) is 3.80. The van der Waals surface area contributed by atoms with E-state index in [1.54, 1.807) is 20.3 Å². The lowest BCUT2D eigenvalue weighted by Crippen LogP contribution is -2.07. The van der Waals surface area contributed by atoms with Gasteiger partial charge in [-0.15, -0.1) is 0 Å². The van der Waals surface area contributed by atoms with E-state index in [-0.39, 0.29) is 5.92 Å². The minimum atomic E-state index is -0.532. The zero-order valence-electron chi connectivity index (χ0n) is 9.65. The molecule has 1 rings (SSSR count). The Labute approximate surface area is 90.6 Å². The molecule has 1 N–H and O–H groups in total. The van der Waals surface area contributed by atoms with Crippen LogP contribution < -0.4 is 9.47 Å². The lowest BCUT2D eigenvalue weighted by Gasteiger charge is -2.18. The van der Waals surface area contributed by atoms with E-state index in [0.29, 0.717) is 5.75 Å². The Morgan fingerprint density at radius 2 is 1.80 bits per heavy atom. The molecule has 0 bridgehead atoms. The van der Waals surface area contributed by atoms with Crippen molar-refractivity contribution in [2.75, 3.05) is 14.2 Å². The van der Waals surface area contributed by atoms with E-state index >= 15 is 0 Å². The number of hydrogen-bond donors (Lipinski definition) is 1. The summed E-state index contributed by atoms with van der Waals surface area (Å²) in [7, 11) is 3.20. The minimum Gasteiger partial charge on any atom is -0.497 e. The number of rotatable bonds is 4. The van der Waals surface area contributed by atoms with Gasteiger partial charge in [0.05, 0.1) is 20.3 Å². The molecular weight excluding hydrogens is 192 g/mol. The van der Waals surface area contributed by atoms with Crippen LogP contribution in [-0.2, 0) is 0 Å². The lowest BCUT2D eigenvalue weighted by atomic mass is 9.98. The van der Waals surface area contributed by atoms with Crippen LogP contribution in [-0.4, -0.2) is 19.3 Å². The van der Waals surface area contributed by atoms with Crippen molar-refractivity contribution in [2.45, 2.75) is 20.0 Å².